The molecule has 1 aromatic heterocycles. The summed E-state index contributed by atoms with van der Waals surface area (Å²) < 4.78 is 15.5. The molecule has 0 unspecified atom stereocenters. The van der Waals surface area contributed by atoms with E-state index in [0.29, 0.717) is 17.9 Å². The predicted molar refractivity (Wildman–Crippen MR) is 153 cm³/mol. The van der Waals surface area contributed by atoms with Crippen LogP contribution in [0, 0.1) is 11.7 Å². The number of carbonyl (C=O) groups is 3. The molecule has 0 spiro atoms. The molecule has 0 radical (unpaired) electrons. The average molecular weight is 569 g/mol. The van der Waals surface area contributed by atoms with Gasteiger partial charge in [0.15, 0.2) is 0 Å². The number of nitrogens with one attached hydrogen (secondary N) is 3. The lowest BCUT2D eigenvalue weighted by Crippen LogP contribution is -2.27. The van der Waals surface area contributed by atoms with Gasteiger partial charge in [-0.1, -0.05) is 43.1 Å². The van der Waals surface area contributed by atoms with Crippen molar-refractivity contribution in [3.63, 3.8) is 0 Å². The number of nitrogens with zero attached hydrogens (tertiary/aromatic N) is 1. The summed E-state index contributed by atoms with van der Waals surface area (Å²) in [5, 5.41) is 9.54. The second-order valence-corrected chi connectivity index (χ2v) is 10.1. The van der Waals surface area contributed by atoms with Gasteiger partial charge < -0.3 is 20.5 Å². The summed E-state index contributed by atoms with van der Waals surface area (Å²) in [5.41, 5.74) is 2.93. The van der Waals surface area contributed by atoms with Crippen molar-refractivity contribution < 1.29 is 18.8 Å². The molecule has 0 aliphatic heterocycles. The minimum absolute atomic E-state index is 0.0870. The average Bonchev–Trinajstić information content (AvgIpc) is 3.25. The lowest BCUT2D eigenvalue weighted by molar-refractivity contribution is -0.124. The van der Waals surface area contributed by atoms with Crippen molar-refractivity contribution in [2.24, 2.45) is 5.92 Å². The van der Waals surface area contributed by atoms with E-state index in [1.165, 1.54) is 12.1 Å². The standard InChI is InChI=1S/C29H27Cl2FN4O3/c1-4-36-25-8-6-21(10-18(25)11-26(36)29(39)35-22-13-19(30)12-20(32)14-22)34-28(38)23-9-17(5-7-24(23)31)15-33-27(37)16(2)3/h5-14,16H,4,15H2,1-3H3,(H,33,37)(H,34,38)(H,35,39). The summed E-state index contributed by atoms with van der Waals surface area (Å²) in [4.78, 5) is 38.0. The van der Waals surface area contributed by atoms with Gasteiger partial charge in [-0.25, -0.2) is 4.39 Å². The van der Waals surface area contributed by atoms with Crippen LogP contribution < -0.4 is 16.0 Å². The summed E-state index contributed by atoms with van der Waals surface area (Å²) in [6.07, 6.45) is 0. The highest BCUT2D eigenvalue weighted by Crippen LogP contribution is 2.26. The molecule has 0 fully saturated rings. The minimum Gasteiger partial charge on any atom is -0.352 e. The molecular formula is C29H27Cl2FN4O3. The number of hydrogen-bond acceptors (Lipinski definition) is 3. The van der Waals surface area contributed by atoms with E-state index in [1.807, 2.05) is 17.6 Å². The zero-order chi connectivity index (χ0) is 28.3. The Kier molecular flexibility index (Phi) is 8.57. The number of carbonyl (C=O) groups excluding carboxylic acids is 3. The predicted octanol–water partition coefficient (Wildman–Crippen LogP) is 6.88. The zero-order valence-corrected chi connectivity index (χ0v) is 23.1. The van der Waals surface area contributed by atoms with Crippen LogP contribution in [0.25, 0.3) is 10.9 Å². The fourth-order valence-electron chi connectivity index (χ4n) is 4.15. The number of rotatable bonds is 8. The van der Waals surface area contributed by atoms with Crippen molar-refractivity contribution >= 4 is 63.2 Å². The first-order valence-corrected chi connectivity index (χ1v) is 13.1. The summed E-state index contributed by atoms with van der Waals surface area (Å²) >= 11 is 12.2. The number of aryl methyl sites for hydroxylation is 1. The monoisotopic (exact) mass is 568 g/mol. The Balaban J connectivity index is 1.55. The third kappa shape index (κ3) is 6.58. The quantitative estimate of drug-likeness (QED) is 0.216. The zero-order valence-electron chi connectivity index (χ0n) is 21.6. The van der Waals surface area contributed by atoms with Gasteiger partial charge in [-0.15, -0.1) is 0 Å². The van der Waals surface area contributed by atoms with Crippen LogP contribution in [0.3, 0.4) is 0 Å². The lowest BCUT2D eigenvalue weighted by atomic mass is 10.1. The van der Waals surface area contributed by atoms with Crippen LogP contribution in [-0.4, -0.2) is 22.3 Å². The molecule has 0 aliphatic carbocycles. The molecule has 0 bridgehead atoms. The minimum atomic E-state index is -0.555. The van der Waals surface area contributed by atoms with E-state index in [1.54, 1.807) is 50.2 Å². The number of benzene rings is 3. The molecule has 10 heteroatoms. The molecule has 3 N–H and O–H groups in total. The first kappa shape index (κ1) is 28.1. The fraction of sp³-hybridized carbons (Fsp3) is 0.207. The Morgan fingerprint density at radius 2 is 1.64 bits per heavy atom. The summed E-state index contributed by atoms with van der Waals surface area (Å²) in [6.45, 7) is 6.30. The van der Waals surface area contributed by atoms with Crippen molar-refractivity contribution in [1.82, 2.24) is 9.88 Å². The molecule has 0 atom stereocenters. The van der Waals surface area contributed by atoms with Gasteiger partial charge in [0.1, 0.15) is 11.5 Å². The van der Waals surface area contributed by atoms with E-state index in [-0.39, 0.29) is 39.7 Å². The van der Waals surface area contributed by atoms with E-state index in [0.717, 1.165) is 22.5 Å². The van der Waals surface area contributed by atoms with Gasteiger partial charge in [-0.3, -0.25) is 14.4 Å². The van der Waals surface area contributed by atoms with E-state index >= 15 is 0 Å². The molecule has 0 aliphatic rings. The van der Waals surface area contributed by atoms with E-state index < -0.39 is 17.6 Å². The van der Waals surface area contributed by atoms with Gasteiger partial charge >= 0.3 is 0 Å². The largest absolute Gasteiger partial charge is 0.352 e. The first-order valence-electron chi connectivity index (χ1n) is 12.3. The number of amides is 3. The molecule has 202 valence electrons. The Bertz CT molecular complexity index is 1560. The van der Waals surface area contributed by atoms with Gasteiger partial charge in [0.05, 0.1) is 10.6 Å². The Morgan fingerprint density at radius 1 is 0.897 bits per heavy atom. The van der Waals surface area contributed by atoms with E-state index in [9.17, 15) is 18.8 Å². The number of anilines is 2. The van der Waals surface area contributed by atoms with Crippen LogP contribution in [0.15, 0.2) is 60.7 Å². The van der Waals surface area contributed by atoms with Crippen LogP contribution in [0.2, 0.25) is 10.0 Å². The van der Waals surface area contributed by atoms with Gasteiger partial charge in [0, 0.05) is 46.3 Å². The summed E-state index contributed by atoms with van der Waals surface area (Å²) in [6, 6.07) is 15.8. The molecule has 1 heterocycles. The van der Waals surface area contributed by atoms with Crippen LogP contribution in [0.1, 0.15) is 47.2 Å². The Morgan fingerprint density at radius 3 is 2.33 bits per heavy atom. The molecule has 3 amide bonds. The van der Waals surface area contributed by atoms with E-state index in [4.69, 9.17) is 23.2 Å². The normalized spacial score (nSPS) is 11.1. The maximum atomic E-state index is 13.7. The third-order valence-electron chi connectivity index (χ3n) is 6.10. The number of halogens is 3. The molecule has 4 rings (SSSR count). The summed E-state index contributed by atoms with van der Waals surface area (Å²) in [5.74, 6) is -1.62. The molecule has 0 saturated carbocycles. The number of hydrogen-bond donors (Lipinski definition) is 3. The summed E-state index contributed by atoms with van der Waals surface area (Å²) in [7, 11) is 0. The second-order valence-electron chi connectivity index (χ2n) is 9.30. The molecule has 39 heavy (non-hydrogen) atoms. The highest BCUT2D eigenvalue weighted by atomic mass is 35.5. The second kappa shape index (κ2) is 11.9. The van der Waals surface area contributed by atoms with Crippen LogP contribution in [0.4, 0.5) is 15.8 Å². The number of aromatic nitrogens is 1. The third-order valence-corrected chi connectivity index (χ3v) is 6.64. The lowest BCUT2D eigenvalue weighted by Gasteiger charge is -2.11. The van der Waals surface area contributed by atoms with Gasteiger partial charge in [-0.05, 0) is 67.1 Å². The smallest absolute Gasteiger partial charge is 0.272 e. The molecule has 4 aromatic rings. The highest BCUT2D eigenvalue weighted by molar-refractivity contribution is 6.34. The van der Waals surface area contributed by atoms with Gasteiger partial charge in [0.25, 0.3) is 11.8 Å². The topological polar surface area (TPSA) is 92.2 Å². The number of fused-ring (bicyclic) bond motifs is 1. The maximum Gasteiger partial charge on any atom is 0.272 e. The highest BCUT2D eigenvalue weighted by Gasteiger charge is 2.18. The Hall–Kier alpha value is -3.88. The van der Waals surface area contributed by atoms with Gasteiger partial charge in [-0.2, -0.15) is 0 Å². The fourth-order valence-corrected chi connectivity index (χ4v) is 4.57. The van der Waals surface area contributed by atoms with E-state index in [2.05, 4.69) is 16.0 Å². The van der Waals surface area contributed by atoms with Crippen molar-refractivity contribution in [1.29, 1.82) is 0 Å². The van der Waals surface area contributed by atoms with Crippen LogP contribution in [-0.2, 0) is 17.9 Å². The Labute approximate surface area is 235 Å². The van der Waals surface area contributed by atoms with Crippen molar-refractivity contribution in [2.75, 3.05) is 10.6 Å². The van der Waals surface area contributed by atoms with Crippen molar-refractivity contribution in [3.05, 3.63) is 93.3 Å². The van der Waals surface area contributed by atoms with Crippen LogP contribution >= 0.6 is 23.2 Å². The van der Waals surface area contributed by atoms with Crippen molar-refractivity contribution in [3.8, 4) is 0 Å². The maximum absolute atomic E-state index is 13.7. The molecule has 3 aromatic carbocycles. The SMILES string of the molecule is CCn1c(C(=O)Nc2cc(F)cc(Cl)c2)cc2cc(NC(=O)c3cc(CNC(=O)C(C)C)ccc3Cl)ccc21. The first-order chi connectivity index (χ1) is 18.5. The molecule has 7 nitrogen and oxygen atoms in total. The van der Waals surface area contributed by atoms with Gasteiger partial charge in [0.2, 0.25) is 5.91 Å². The van der Waals surface area contributed by atoms with Crippen molar-refractivity contribution in [2.45, 2.75) is 33.9 Å². The molecule has 0 saturated heterocycles. The molecular weight excluding hydrogens is 542 g/mol. The van der Waals surface area contributed by atoms with Crippen LogP contribution in [0.5, 0.6) is 0 Å².